The Balaban J connectivity index is 0.00000108. The highest BCUT2D eigenvalue weighted by Crippen LogP contribution is 2.31. The van der Waals surface area contributed by atoms with Crippen molar-refractivity contribution < 1.29 is 14.2 Å². The van der Waals surface area contributed by atoms with Crippen molar-refractivity contribution in [3.8, 4) is 17.3 Å². The van der Waals surface area contributed by atoms with Crippen LogP contribution in [0.2, 0.25) is 0 Å². The highest BCUT2D eigenvalue weighted by atomic mass is 19.1. The molecule has 2 atom stereocenters. The lowest BCUT2D eigenvalue weighted by atomic mass is 10.0. The van der Waals surface area contributed by atoms with E-state index in [2.05, 4.69) is 17.6 Å². The first kappa shape index (κ1) is 27.3. The third-order valence-electron chi connectivity index (χ3n) is 4.29. The first-order chi connectivity index (χ1) is 14.4. The van der Waals surface area contributed by atoms with Gasteiger partial charge in [0.05, 0.1) is 18.4 Å². The number of hydrogen-bond donors (Lipinski definition) is 1. The van der Waals surface area contributed by atoms with Gasteiger partial charge < -0.3 is 9.84 Å². The predicted octanol–water partition coefficient (Wildman–Crippen LogP) is 6.94. The Bertz CT molecular complexity index is 800. The number of ether oxygens (including phenoxy) is 1. The molecule has 4 nitrogen and oxygen atoms in total. The predicted molar refractivity (Wildman–Crippen MR) is 122 cm³/mol. The number of aliphatic hydroxyl groups is 1. The summed E-state index contributed by atoms with van der Waals surface area (Å²) in [5.74, 6) is -0.326. The minimum absolute atomic E-state index is 0.0499. The van der Waals surface area contributed by atoms with Crippen molar-refractivity contribution in [1.82, 2.24) is 4.98 Å². The molecular formula is C25H35FN2O2. The van der Waals surface area contributed by atoms with Gasteiger partial charge in [0, 0.05) is 18.2 Å². The summed E-state index contributed by atoms with van der Waals surface area (Å²) >= 11 is 0. The summed E-state index contributed by atoms with van der Waals surface area (Å²) in [5.41, 5.74) is 2.35. The highest BCUT2D eigenvalue weighted by molar-refractivity contribution is 5.60. The Morgan fingerprint density at radius 1 is 1.30 bits per heavy atom. The zero-order valence-electron chi connectivity index (χ0n) is 19.1. The average molecular weight is 415 g/mol. The minimum atomic E-state index is -0.710. The monoisotopic (exact) mass is 414 g/mol. The van der Waals surface area contributed by atoms with E-state index in [-0.39, 0.29) is 11.9 Å². The molecule has 0 bridgehead atoms. The van der Waals surface area contributed by atoms with Gasteiger partial charge in [-0.05, 0) is 38.3 Å². The first-order valence-electron chi connectivity index (χ1n) is 10.5. The zero-order valence-corrected chi connectivity index (χ0v) is 19.1. The molecule has 2 heterocycles. The highest BCUT2D eigenvalue weighted by Gasteiger charge is 2.36. The number of aliphatic hydroxyl groups excluding tert-OH is 1. The van der Waals surface area contributed by atoms with E-state index in [0.717, 1.165) is 29.4 Å². The summed E-state index contributed by atoms with van der Waals surface area (Å²) in [6, 6.07) is 11.3. The zero-order chi connectivity index (χ0) is 23.2. The lowest BCUT2D eigenvalue weighted by Crippen LogP contribution is -2.23. The van der Waals surface area contributed by atoms with E-state index in [4.69, 9.17) is 15.1 Å². The van der Waals surface area contributed by atoms with Gasteiger partial charge in [0.25, 0.3) is 0 Å². The summed E-state index contributed by atoms with van der Waals surface area (Å²) in [5, 5.41) is 16.4. The van der Waals surface area contributed by atoms with E-state index in [9.17, 15) is 4.39 Å². The van der Waals surface area contributed by atoms with Crippen molar-refractivity contribution in [2.45, 2.75) is 72.5 Å². The molecule has 0 spiro atoms. The number of benzene rings is 1. The van der Waals surface area contributed by atoms with E-state index >= 15 is 0 Å². The number of rotatable bonds is 3. The average Bonchev–Trinajstić information content (AvgIpc) is 3.14. The van der Waals surface area contributed by atoms with Crippen LogP contribution < -0.4 is 0 Å². The van der Waals surface area contributed by atoms with Crippen molar-refractivity contribution >= 4 is 0 Å². The molecule has 1 N–H and O–H groups in total. The van der Waals surface area contributed by atoms with Crippen molar-refractivity contribution in [3.05, 3.63) is 66.3 Å². The number of pyridine rings is 1. The second-order valence-electron chi connectivity index (χ2n) is 6.55. The smallest absolute Gasteiger partial charge is 0.151 e. The molecule has 1 aromatic carbocycles. The second kappa shape index (κ2) is 14.3. The molecule has 30 heavy (non-hydrogen) atoms. The molecule has 0 aliphatic carbocycles. The molecule has 5 heteroatoms. The SMILES string of the molecule is C=CO.CC.CC.Cc1ccc(-c2ncc(CC3CCC(C)(C#N)O3)cc2F)cc1. The molecule has 2 aromatic rings. The molecule has 1 aliphatic rings. The maximum Gasteiger partial charge on any atom is 0.151 e. The summed E-state index contributed by atoms with van der Waals surface area (Å²) in [6.45, 7) is 14.7. The Morgan fingerprint density at radius 3 is 2.33 bits per heavy atom. The topological polar surface area (TPSA) is 66.1 Å². The largest absolute Gasteiger partial charge is 0.516 e. The third kappa shape index (κ3) is 8.34. The second-order valence-corrected chi connectivity index (χ2v) is 6.55. The molecule has 1 aliphatic heterocycles. The van der Waals surface area contributed by atoms with Gasteiger partial charge in [-0.25, -0.2) is 4.39 Å². The van der Waals surface area contributed by atoms with Crippen LogP contribution >= 0.6 is 0 Å². The van der Waals surface area contributed by atoms with Crippen LogP contribution in [0, 0.1) is 24.1 Å². The van der Waals surface area contributed by atoms with Crippen LogP contribution in [0.1, 0.15) is 58.6 Å². The molecular weight excluding hydrogens is 379 g/mol. The fraction of sp³-hybridized carbons (Fsp3) is 0.440. The molecule has 1 fully saturated rings. The number of hydrogen-bond acceptors (Lipinski definition) is 4. The Labute approximate surface area is 181 Å². The lowest BCUT2D eigenvalue weighted by Gasteiger charge is -2.16. The number of aromatic nitrogens is 1. The number of halogens is 1. The van der Waals surface area contributed by atoms with Gasteiger partial charge in [-0.15, -0.1) is 0 Å². The van der Waals surface area contributed by atoms with E-state index < -0.39 is 5.60 Å². The van der Waals surface area contributed by atoms with E-state index in [1.54, 1.807) is 13.1 Å². The molecule has 1 saturated heterocycles. The normalized spacial score (nSPS) is 18.9. The summed E-state index contributed by atoms with van der Waals surface area (Å²) in [7, 11) is 0. The number of nitriles is 1. The number of nitrogens with zero attached hydrogens (tertiary/aromatic N) is 2. The molecule has 3 rings (SSSR count). The van der Waals surface area contributed by atoms with Gasteiger partial charge in [0.2, 0.25) is 0 Å². The van der Waals surface area contributed by atoms with Gasteiger partial charge in [-0.3, -0.25) is 4.98 Å². The van der Waals surface area contributed by atoms with Crippen LogP contribution in [0.4, 0.5) is 4.39 Å². The Morgan fingerprint density at radius 2 is 1.87 bits per heavy atom. The van der Waals surface area contributed by atoms with E-state index in [0.29, 0.717) is 18.5 Å². The minimum Gasteiger partial charge on any atom is -0.516 e. The molecule has 0 amide bonds. The van der Waals surface area contributed by atoms with Crippen molar-refractivity contribution in [1.29, 1.82) is 5.26 Å². The van der Waals surface area contributed by atoms with Crippen LogP contribution in [0.15, 0.2) is 49.4 Å². The van der Waals surface area contributed by atoms with Gasteiger partial charge in [0.1, 0.15) is 11.5 Å². The van der Waals surface area contributed by atoms with Crippen molar-refractivity contribution in [3.63, 3.8) is 0 Å². The van der Waals surface area contributed by atoms with E-state index in [1.807, 2.05) is 58.9 Å². The lowest BCUT2D eigenvalue weighted by molar-refractivity contribution is 0.0105. The maximum absolute atomic E-state index is 14.4. The van der Waals surface area contributed by atoms with Gasteiger partial charge >= 0.3 is 0 Å². The molecule has 1 aromatic heterocycles. The van der Waals surface area contributed by atoms with Gasteiger partial charge in [0.15, 0.2) is 5.60 Å². The van der Waals surface area contributed by atoms with Crippen LogP contribution in [0.3, 0.4) is 0 Å². The van der Waals surface area contributed by atoms with Crippen molar-refractivity contribution in [2.75, 3.05) is 0 Å². The molecule has 0 radical (unpaired) electrons. The van der Waals surface area contributed by atoms with Crippen molar-refractivity contribution in [2.24, 2.45) is 0 Å². The summed E-state index contributed by atoms with van der Waals surface area (Å²) in [4.78, 5) is 4.28. The Kier molecular flexibility index (Phi) is 13.0. The van der Waals surface area contributed by atoms with Crippen LogP contribution in [0.25, 0.3) is 11.3 Å². The van der Waals surface area contributed by atoms with Crippen LogP contribution in [-0.2, 0) is 11.2 Å². The molecule has 164 valence electrons. The van der Waals surface area contributed by atoms with Crippen LogP contribution in [-0.4, -0.2) is 21.8 Å². The molecule has 0 saturated carbocycles. The number of aryl methyl sites for hydroxylation is 1. The third-order valence-corrected chi connectivity index (χ3v) is 4.29. The summed E-state index contributed by atoms with van der Waals surface area (Å²) in [6.07, 6.45) is 4.50. The van der Waals surface area contributed by atoms with Crippen LogP contribution in [0.5, 0.6) is 0 Å². The van der Waals surface area contributed by atoms with Gasteiger partial charge in [-0.1, -0.05) is 64.1 Å². The fourth-order valence-electron chi connectivity index (χ4n) is 2.92. The quantitative estimate of drug-likeness (QED) is 0.552. The maximum atomic E-state index is 14.4. The standard InChI is InChI=1S/C19H19FN2O.C2H4O.2C2H6/c1-13-3-5-15(6-4-13)18-17(20)10-14(11-22-18)9-16-7-8-19(2,12-21)23-16;1-2-3;2*1-2/h3-6,10-11,16H,7-9H2,1-2H3;2-3H,1H2;2*1-2H3. The molecule has 2 unspecified atom stereocenters. The Hall–Kier alpha value is -2.71. The van der Waals surface area contributed by atoms with Gasteiger partial charge in [-0.2, -0.15) is 5.26 Å². The summed E-state index contributed by atoms with van der Waals surface area (Å²) < 4.78 is 20.1. The first-order valence-corrected chi connectivity index (χ1v) is 10.5. The van der Waals surface area contributed by atoms with E-state index in [1.165, 1.54) is 6.07 Å². The fourth-order valence-corrected chi connectivity index (χ4v) is 2.92.